The molecule has 0 aromatic heterocycles. The van der Waals surface area contributed by atoms with E-state index in [4.69, 9.17) is 43.1 Å². The normalized spacial score (nSPS) is 12.0. The van der Waals surface area contributed by atoms with Crippen molar-refractivity contribution in [1.29, 1.82) is 0 Å². The molecule has 0 aromatic rings. The van der Waals surface area contributed by atoms with Crippen LogP contribution in [0.1, 0.15) is 20.8 Å². The minimum atomic E-state index is -2.29. The molecule has 0 aliphatic carbocycles. The molecule has 0 amide bonds. The quantitative estimate of drug-likeness (QED) is 0.184. The molecule has 0 aliphatic rings. The third-order valence-corrected chi connectivity index (χ3v) is 8.90. The Labute approximate surface area is 162 Å². The van der Waals surface area contributed by atoms with E-state index >= 15 is 0 Å². The zero-order chi connectivity index (χ0) is 20.4. The molecular formula is C18H27ClO6Si. The minimum Gasteiger partial charge on any atom is -0.452 e. The van der Waals surface area contributed by atoms with E-state index in [-0.39, 0.29) is 37.5 Å². The number of terminal acetylenes is 2. The van der Waals surface area contributed by atoms with E-state index in [0.29, 0.717) is 0 Å². The van der Waals surface area contributed by atoms with E-state index < -0.39 is 25.7 Å². The maximum Gasteiger partial charge on any atom is 0.329 e. The van der Waals surface area contributed by atoms with Gasteiger partial charge in [-0.25, -0.2) is 0 Å². The van der Waals surface area contributed by atoms with Gasteiger partial charge in [0, 0.05) is 0 Å². The molecule has 0 rings (SSSR count). The molecule has 0 spiro atoms. The van der Waals surface area contributed by atoms with Crippen molar-refractivity contribution in [3.05, 3.63) is 0 Å². The minimum absolute atomic E-state index is 0.141. The molecule has 0 heterocycles. The molecule has 26 heavy (non-hydrogen) atoms. The van der Waals surface area contributed by atoms with Crippen molar-refractivity contribution >= 4 is 31.9 Å². The maximum atomic E-state index is 12.6. The summed E-state index contributed by atoms with van der Waals surface area (Å²) in [5, 5.41) is -0.141. The van der Waals surface area contributed by atoms with Crippen LogP contribution in [-0.2, 0) is 28.2 Å². The van der Waals surface area contributed by atoms with Crippen molar-refractivity contribution in [2.75, 3.05) is 32.5 Å². The molecule has 0 saturated heterocycles. The standard InChI is InChI=1S/C18H27ClO6Si/c1-8-10-23-15(20)18(12-22-14-19,16(21)24-11-9-2)13-25-26(6,7)17(3,4)5/h1-2H,10-14H2,3-7H3. The van der Waals surface area contributed by atoms with E-state index in [0.717, 1.165) is 0 Å². The second-order valence-corrected chi connectivity index (χ2v) is 12.2. The van der Waals surface area contributed by atoms with Crippen LogP contribution in [0.15, 0.2) is 0 Å². The maximum absolute atomic E-state index is 12.6. The molecule has 0 aromatic carbocycles. The highest BCUT2D eigenvalue weighted by molar-refractivity contribution is 6.74. The van der Waals surface area contributed by atoms with Gasteiger partial charge in [0.25, 0.3) is 0 Å². The summed E-state index contributed by atoms with van der Waals surface area (Å²) in [4.78, 5) is 25.3. The van der Waals surface area contributed by atoms with Gasteiger partial charge in [0.2, 0.25) is 5.41 Å². The lowest BCUT2D eigenvalue weighted by molar-refractivity contribution is -0.178. The van der Waals surface area contributed by atoms with E-state index in [1.807, 2.05) is 33.9 Å². The lowest BCUT2D eigenvalue weighted by Gasteiger charge is -2.39. The van der Waals surface area contributed by atoms with Gasteiger partial charge in [-0.05, 0) is 18.1 Å². The molecule has 0 unspecified atom stereocenters. The summed E-state index contributed by atoms with van der Waals surface area (Å²) in [5.74, 6) is 2.55. The number of esters is 2. The molecule has 0 aliphatic heterocycles. The summed E-state index contributed by atoms with van der Waals surface area (Å²) in [6.45, 7) is 8.80. The fourth-order valence-corrected chi connectivity index (χ4v) is 2.70. The van der Waals surface area contributed by atoms with Crippen LogP contribution >= 0.6 is 11.6 Å². The summed E-state index contributed by atoms with van der Waals surface area (Å²) >= 11 is 5.57. The fourth-order valence-electron chi connectivity index (χ4n) is 1.58. The molecule has 0 radical (unpaired) electrons. The first kappa shape index (κ1) is 24.5. The first-order chi connectivity index (χ1) is 12.0. The number of ether oxygens (including phenoxy) is 3. The molecule has 6 nitrogen and oxygen atoms in total. The molecule has 0 bridgehead atoms. The van der Waals surface area contributed by atoms with Crippen LogP contribution in [0.5, 0.6) is 0 Å². The van der Waals surface area contributed by atoms with Gasteiger partial charge in [-0.2, -0.15) is 0 Å². The van der Waals surface area contributed by atoms with Gasteiger partial charge >= 0.3 is 11.9 Å². The molecule has 0 fully saturated rings. The number of carbonyl (C=O) groups is 2. The lowest BCUT2D eigenvalue weighted by Crippen LogP contribution is -2.53. The number of carbonyl (C=O) groups excluding carboxylic acids is 2. The summed E-state index contributed by atoms with van der Waals surface area (Å²) in [7, 11) is -2.29. The van der Waals surface area contributed by atoms with Crippen molar-refractivity contribution in [1.82, 2.24) is 0 Å². The topological polar surface area (TPSA) is 71.1 Å². The van der Waals surface area contributed by atoms with Gasteiger partial charge in [-0.15, -0.1) is 12.8 Å². The van der Waals surface area contributed by atoms with Gasteiger partial charge in [0.05, 0.1) is 13.2 Å². The molecule has 8 heteroatoms. The summed E-state index contributed by atoms with van der Waals surface area (Å²) in [5.41, 5.74) is -1.86. The van der Waals surface area contributed by atoms with Crippen molar-refractivity contribution in [2.45, 2.75) is 38.9 Å². The fraction of sp³-hybridized carbons (Fsp3) is 0.667. The van der Waals surface area contributed by atoms with Gasteiger partial charge in [-0.3, -0.25) is 9.59 Å². The predicted octanol–water partition coefficient (Wildman–Crippen LogP) is 2.56. The number of hydrogen-bond donors (Lipinski definition) is 0. The van der Waals surface area contributed by atoms with Crippen LogP contribution in [0.2, 0.25) is 18.1 Å². The molecule has 0 saturated carbocycles. The third kappa shape index (κ3) is 6.66. The Hall–Kier alpha value is -1.51. The van der Waals surface area contributed by atoms with Crippen molar-refractivity contribution in [2.24, 2.45) is 5.41 Å². The van der Waals surface area contributed by atoms with Crippen LogP contribution in [0.3, 0.4) is 0 Å². The molecule has 0 atom stereocenters. The Bertz CT molecular complexity index is 538. The predicted molar refractivity (Wildman–Crippen MR) is 102 cm³/mol. The van der Waals surface area contributed by atoms with Gasteiger partial charge in [0.1, 0.15) is 6.07 Å². The summed E-state index contributed by atoms with van der Waals surface area (Å²) < 4.78 is 21.2. The number of rotatable bonds is 10. The van der Waals surface area contributed by atoms with Gasteiger partial charge in [-0.1, -0.05) is 44.2 Å². The first-order valence-electron chi connectivity index (χ1n) is 7.97. The average molecular weight is 403 g/mol. The highest BCUT2D eigenvalue weighted by atomic mass is 35.5. The van der Waals surface area contributed by atoms with Crippen molar-refractivity contribution < 1.29 is 28.2 Å². The second-order valence-electron chi connectivity index (χ2n) is 7.15. The summed E-state index contributed by atoms with van der Waals surface area (Å²) in [6.07, 6.45) is 10.3. The number of halogens is 1. The highest BCUT2D eigenvalue weighted by Gasteiger charge is 2.52. The number of alkyl halides is 1. The van der Waals surface area contributed by atoms with Crippen LogP contribution < -0.4 is 0 Å². The van der Waals surface area contributed by atoms with Crippen LogP contribution in [0.4, 0.5) is 0 Å². The average Bonchev–Trinajstić information content (AvgIpc) is 2.56. The van der Waals surface area contributed by atoms with E-state index in [1.54, 1.807) is 0 Å². The Balaban J connectivity index is 5.77. The van der Waals surface area contributed by atoms with Gasteiger partial charge in [0.15, 0.2) is 21.5 Å². The lowest BCUT2D eigenvalue weighted by atomic mass is 9.90. The van der Waals surface area contributed by atoms with Gasteiger partial charge < -0.3 is 18.6 Å². The molecule has 146 valence electrons. The Morgan fingerprint density at radius 2 is 1.46 bits per heavy atom. The smallest absolute Gasteiger partial charge is 0.329 e. The van der Waals surface area contributed by atoms with Crippen LogP contribution in [0, 0.1) is 30.1 Å². The SMILES string of the molecule is C#CCOC(=O)C(COCCl)(CO[Si](C)(C)C(C)(C)C)C(=O)OCC#C. The first-order valence-corrected chi connectivity index (χ1v) is 11.4. The monoisotopic (exact) mass is 402 g/mol. The van der Waals surface area contributed by atoms with E-state index in [1.165, 1.54) is 0 Å². The molecular weight excluding hydrogens is 376 g/mol. The Morgan fingerprint density at radius 1 is 1.00 bits per heavy atom. The van der Waals surface area contributed by atoms with Crippen molar-refractivity contribution in [3.8, 4) is 24.7 Å². The van der Waals surface area contributed by atoms with Crippen molar-refractivity contribution in [3.63, 3.8) is 0 Å². The van der Waals surface area contributed by atoms with Crippen LogP contribution in [-0.4, -0.2) is 52.7 Å². The largest absolute Gasteiger partial charge is 0.452 e. The van der Waals surface area contributed by atoms with E-state index in [2.05, 4.69) is 11.8 Å². The Morgan fingerprint density at radius 3 is 1.81 bits per heavy atom. The highest BCUT2D eigenvalue weighted by Crippen LogP contribution is 2.38. The number of hydrogen-bond acceptors (Lipinski definition) is 6. The van der Waals surface area contributed by atoms with E-state index in [9.17, 15) is 9.59 Å². The third-order valence-electron chi connectivity index (χ3n) is 4.27. The molecule has 0 N–H and O–H groups in total. The summed E-state index contributed by atoms with van der Waals surface area (Å²) in [6, 6.07) is -0.229. The second kappa shape index (κ2) is 10.6. The zero-order valence-corrected chi connectivity index (χ0v) is 17.8. The van der Waals surface area contributed by atoms with Crippen LogP contribution in [0.25, 0.3) is 0 Å². The zero-order valence-electron chi connectivity index (χ0n) is 16.0. The Kier molecular flexibility index (Phi) is 9.97.